The van der Waals surface area contributed by atoms with Crippen LogP contribution in [0.5, 0.6) is 0 Å². The van der Waals surface area contributed by atoms with Crippen molar-refractivity contribution in [1.82, 2.24) is 14.2 Å². The van der Waals surface area contributed by atoms with Crippen LogP contribution in [0, 0.1) is 11.3 Å². The Labute approximate surface area is 188 Å². The third-order valence-corrected chi connectivity index (χ3v) is 7.67. The Kier molecular flexibility index (Phi) is 5.96. The van der Waals surface area contributed by atoms with E-state index in [1.807, 2.05) is 50.2 Å². The fourth-order valence-electron chi connectivity index (χ4n) is 3.89. The molecular formula is C24H24N4O3S. The Morgan fingerprint density at radius 3 is 2.38 bits per heavy atom. The van der Waals surface area contributed by atoms with Gasteiger partial charge in [0, 0.05) is 37.3 Å². The summed E-state index contributed by atoms with van der Waals surface area (Å²) in [5.74, 6) is 0.0494. The lowest BCUT2D eigenvalue weighted by Crippen LogP contribution is -2.50. The zero-order chi connectivity index (χ0) is 22.9. The van der Waals surface area contributed by atoms with Crippen LogP contribution < -0.4 is 0 Å². The molecule has 164 valence electrons. The van der Waals surface area contributed by atoms with Gasteiger partial charge in [0.05, 0.1) is 21.5 Å². The number of benzene rings is 2. The largest absolute Gasteiger partial charge is 0.336 e. The predicted octanol–water partition coefficient (Wildman–Crippen LogP) is 3.38. The summed E-state index contributed by atoms with van der Waals surface area (Å²) in [4.78, 5) is 19.8. The number of para-hydroxylation sites is 1. The van der Waals surface area contributed by atoms with Gasteiger partial charge in [-0.1, -0.05) is 44.2 Å². The standard InChI is InChI=1S/C24H24N4O3S/c1-17(2)22-15-20(19-8-4-5-9-21(19)26-22)24(29)27-11-13-28(14-12-27)32(30,31)23-10-6-3-7-18(23)16-25/h3-10,15,17H,11-14H2,1-2H3. The lowest BCUT2D eigenvalue weighted by atomic mass is 10.0. The number of nitriles is 1. The number of sulfonamides is 1. The maximum absolute atomic E-state index is 13.4. The summed E-state index contributed by atoms with van der Waals surface area (Å²) in [6.07, 6.45) is 0. The molecule has 0 spiro atoms. The van der Waals surface area contributed by atoms with Crippen LogP contribution >= 0.6 is 0 Å². The van der Waals surface area contributed by atoms with Crippen LogP contribution in [0.15, 0.2) is 59.5 Å². The van der Waals surface area contributed by atoms with E-state index in [2.05, 4.69) is 4.98 Å². The second kappa shape index (κ2) is 8.69. The van der Waals surface area contributed by atoms with E-state index in [1.165, 1.54) is 16.4 Å². The van der Waals surface area contributed by atoms with Gasteiger partial charge in [0.1, 0.15) is 6.07 Å². The van der Waals surface area contributed by atoms with Crippen LogP contribution in [0.4, 0.5) is 0 Å². The fraction of sp³-hybridized carbons (Fsp3) is 0.292. The molecule has 7 nitrogen and oxygen atoms in total. The van der Waals surface area contributed by atoms with Crippen molar-refractivity contribution in [3.05, 3.63) is 71.4 Å². The first kappa shape index (κ1) is 21.9. The van der Waals surface area contributed by atoms with E-state index >= 15 is 0 Å². The van der Waals surface area contributed by atoms with Crippen molar-refractivity contribution in [2.45, 2.75) is 24.7 Å². The molecule has 0 atom stereocenters. The number of carbonyl (C=O) groups excluding carboxylic acids is 1. The second-order valence-electron chi connectivity index (χ2n) is 8.07. The molecule has 0 radical (unpaired) electrons. The molecule has 1 fully saturated rings. The van der Waals surface area contributed by atoms with Gasteiger partial charge in [-0.3, -0.25) is 9.78 Å². The van der Waals surface area contributed by atoms with Crippen LogP contribution in [0.2, 0.25) is 0 Å². The van der Waals surface area contributed by atoms with Crippen molar-refractivity contribution in [3.8, 4) is 6.07 Å². The lowest BCUT2D eigenvalue weighted by Gasteiger charge is -2.34. The molecule has 1 aliphatic heterocycles. The minimum Gasteiger partial charge on any atom is -0.336 e. The van der Waals surface area contributed by atoms with E-state index in [-0.39, 0.29) is 48.5 Å². The van der Waals surface area contributed by atoms with E-state index in [0.29, 0.717) is 5.56 Å². The zero-order valence-corrected chi connectivity index (χ0v) is 18.8. The summed E-state index contributed by atoms with van der Waals surface area (Å²) in [6.45, 7) is 4.98. The monoisotopic (exact) mass is 448 g/mol. The highest BCUT2D eigenvalue weighted by Crippen LogP contribution is 2.25. The second-order valence-corrected chi connectivity index (χ2v) is 9.98. The Bertz CT molecular complexity index is 1320. The van der Waals surface area contributed by atoms with Gasteiger partial charge < -0.3 is 4.90 Å². The first-order chi connectivity index (χ1) is 15.3. The number of carbonyl (C=O) groups is 1. The van der Waals surface area contributed by atoms with Crippen LogP contribution in [-0.2, 0) is 10.0 Å². The van der Waals surface area contributed by atoms with Gasteiger partial charge in [-0.25, -0.2) is 8.42 Å². The third-order valence-electron chi connectivity index (χ3n) is 5.71. The van der Waals surface area contributed by atoms with Gasteiger partial charge in [0.15, 0.2) is 0 Å². The molecule has 2 heterocycles. The highest BCUT2D eigenvalue weighted by atomic mass is 32.2. The lowest BCUT2D eigenvalue weighted by molar-refractivity contribution is 0.0699. The van der Waals surface area contributed by atoms with E-state index in [1.54, 1.807) is 17.0 Å². The fourth-order valence-corrected chi connectivity index (χ4v) is 5.46. The van der Waals surface area contributed by atoms with Gasteiger partial charge in [0.2, 0.25) is 10.0 Å². The van der Waals surface area contributed by atoms with Gasteiger partial charge in [0.25, 0.3) is 5.91 Å². The summed E-state index contributed by atoms with van der Waals surface area (Å²) in [5.41, 5.74) is 2.33. The molecule has 3 aromatic rings. The Hall–Kier alpha value is -3.28. The van der Waals surface area contributed by atoms with Crippen molar-refractivity contribution >= 4 is 26.8 Å². The SMILES string of the molecule is CC(C)c1cc(C(=O)N2CCN(S(=O)(=O)c3ccccc3C#N)CC2)c2ccccc2n1. The molecule has 2 aromatic carbocycles. The van der Waals surface area contributed by atoms with E-state index in [9.17, 15) is 18.5 Å². The van der Waals surface area contributed by atoms with E-state index < -0.39 is 10.0 Å². The van der Waals surface area contributed by atoms with E-state index in [0.717, 1.165) is 16.6 Å². The molecule has 0 aliphatic carbocycles. The summed E-state index contributed by atoms with van der Waals surface area (Å²) in [7, 11) is -3.81. The van der Waals surface area contributed by atoms with Gasteiger partial charge in [-0.05, 0) is 30.2 Å². The van der Waals surface area contributed by atoms with Crippen molar-refractivity contribution in [2.24, 2.45) is 0 Å². The number of amides is 1. The van der Waals surface area contributed by atoms with Crippen molar-refractivity contribution < 1.29 is 13.2 Å². The number of rotatable bonds is 4. The average Bonchev–Trinajstić information content (AvgIpc) is 2.82. The third kappa shape index (κ3) is 3.97. The number of hydrogen-bond acceptors (Lipinski definition) is 5. The maximum atomic E-state index is 13.4. The molecule has 1 saturated heterocycles. The first-order valence-corrected chi connectivity index (χ1v) is 11.9. The Morgan fingerprint density at radius 2 is 1.69 bits per heavy atom. The highest BCUT2D eigenvalue weighted by molar-refractivity contribution is 7.89. The molecule has 0 N–H and O–H groups in total. The minimum absolute atomic E-state index is 0.00368. The van der Waals surface area contributed by atoms with Crippen molar-refractivity contribution in [2.75, 3.05) is 26.2 Å². The molecule has 1 aromatic heterocycles. The molecule has 4 rings (SSSR count). The molecule has 0 unspecified atom stereocenters. The number of hydrogen-bond donors (Lipinski definition) is 0. The van der Waals surface area contributed by atoms with Gasteiger partial charge in [-0.15, -0.1) is 0 Å². The normalized spacial score (nSPS) is 15.1. The van der Waals surface area contributed by atoms with Crippen molar-refractivity contribution in [1.29, 1.82) is 5.26 Å². The van der Waals surface area contributed by atoms with Crippen LogP contribution in [0.1, 0.15) is 41.4 Å². The average molecular weight is 449 g/mol. The predicted molar refractivity (Wildman–Crippen MR) is 122 cm³/mol. The zero-order valence-electron chi connectivity index (χ0n) is 18.0. The Morgan fingerprint density at radius 1 is 1.03 bits per heavy atom. The van der Waals surface area contributed by atoms with Crippen LogP contribution in [-0.4, -0.2) is 54.7 Å². The van der Waals surface area contributed by atoms with Gasteiger partial charge >= 0.3 is 0 Å². The highest BCUT2D eigenvalue weighted by Gasteiger charge is 2.32. The summed E-state index contributed by atoms with van der Waals surface area (Å²) < 4.78 is 27.5. The summed E-state index contributed by atoms with van der Waals surface area (Å²) in [5, 5.41) is 10.1. The van der Waals surface area contributed by atoms with Crippen LogP contribution in [0.25, 0.3) is 10.9 Å². The molecule has 8 heteroatoms. The summed E-state index contributed by atoms with van der Waals surface area (Å²) >= 11 is 0. The molecular weight excluding hydrogens is 424 g/mol. The number of fused-ring (bicyclic) bond motifs is 1. The molecule has 0 saturated carbocycles. The maximum Gasteiger partial charge on any atom is 0.254 e. The smallest absolute Gasteiger partial charge is 0.254 e. The summed E-state index contributed by atoms with van der Waals surface area (Å²) in [6, 6.07) is 17.5. The topological polar surface area (TPSA) is 94.4 Å². The number of aromatic nitrogens is 1. The first-order valence-electron chi connectivity index (χ1n) is 10.5. The molecule has 1 amide bonds. The Balaban J connectivity index is 1.58. The van der Waals surface area contributed by atoms with Crippen LogP contribution in [0.3, 0.4) is 0 Å². The minimum atomic E-state index is -3.81. The van der Waals surface area contributed by atoms with Gasteiger partial charge in [-0.2, -0.15) is 9.57 Å². The number of piperazine rings is 1. The number of pyridine rings is 1. The quantitative estimate of drug-likeness (QED) is 0.610. The van der Waals surface area contributed by atoms with Crippen molar-refractivity contribution in [3.63, 3.8) is 0 Å². The number of nitrogens with zero attached hydrogens (tertiary/aromatic N) is 4. The van der Waals surface area contributed by atoms with E-state index in [4.69, 9.17) is 0 Å². The molecule has 32 heavy (non-hydrogen) atoms. The molecule has 1 aliphatic rings. The molecule has 0 bridgehead atoms.